The van der Waals surface area contributed by atoms with Crippen molar-refractivity contribution in [1.82, 2.24) is 0 Å². The van der Waals surface area contributed by atoms with Crippen LogP contribution >= 0.6 is 12.4 Å². The van der Waals surface area contributed by atoms with E-state index in [1.807, 2.05) is 0 Å². The molecule has 0 bridgehead atoms. The van der Waals surface area contributed by atoms with Crippen molar-refractivity contribution >= 4 is 18.1 Å². The molecule has 16 heavy (non-hydrogen) atoms. The lowest BCUT2D eigenvalue weighted by Crippen LogP contribution is -2.11. The molecule has 0 radical (unpaired) electrons. The first kappa shape index (κ1) is 15.1. The fraction of sp³-hybridized carbons (Fsp3) is 0.400. The average molecular weight is 256 g/mol. The standard InChI is InChI=1S/C10H12F3NO.ClH/c11-10(12,13)5-6-15-7-8-1-3-9(14)4-2-8;/h1-4H,5-7,14H2;1H. The van der Waals surface area contributed by atoms with E-state index in [0.29, 0.717) is 5.69 Å². The summed E-state index contributed by atoms with van der Waals surface area (Å²) >= 11 is 0. The zero-order valence-corrected chi connectivity index (χ0v) is 9.27. The predicted molar refractivity (Wildman–Crippen MR) is 58.4 cm³/mol. The zero-order chi connectivity index (χ0) is 11.3. The lowest BCUT2D eigenvalue weighted by Gasteiger charge is -2.07. The molecule has 0 aliphatic rings. The van der Waals surface area contributed by atoms with Gasteiger partial charge in [0, 0.05) is 5.69 Å². The van der Waals surface area contributed by atoms with E-state index < -0.39 is 12.6 Å². The monoisotopic (exact) mass is 255 g/mol. The number of nitrogens with two attached hydrogens (primary N) is 1. The molecule has 0 saturated heterocycles. The summed E-state index contributed by atoms with van der Waals surface area (Å²) < 4.78 is 40.1. The number of anilines is 1. The van der Waals surface area contributed by atoms with Gasteiger partial charge in [-0.15, -0.1) is 12.4 Å². The highest BCUT2D eigenvalue weighted by atomic mass is 35.5. The van der Waals surface area contributed by atoms with E-state index in [1.165, 1.54) is 0 Å². The lowest BCUT2D eigenvalue weighted by molar-refractivity contribution is -0.146. The number of nitrogen functional groups attached to an aromatic ring is 1. The van der Waals surface area contributed by atoms with Crippen molar-refractivity contribution in [3.8, 4) is 0 Å². The Labute approximate surface area is 98.0 Å². The second kappa shape index (κ2) is 6.60. The molecule has 1 aromatic carbocycles. The van der Waals surface area contributed by atoms with Crippen molar-refractivity contribution in [1.29, 1.82) is 0 Å². The minimum absolute atomic E-state index is 0. The van der Waals surface area contributed by atoms with Crippen LogP contribution in [0.5, 0.6) is 0 Å². The molecule has 0 amide bonds. The Morgan fingerprint density at radius 2 is 1.69 bits per heavy atom. The summed E-state index contributed by atoms with van der Waals surface area (Å²) in [5.74, 6) is 0. The number of rotatable bonds is 4. The van der Waals surface area contributed by atoms with Crippen LogP contribution in [0.3, 0.4) is 0 Å². The summed E-state index contributed by atoms with van der Waals surface area (Å²) in [5, 5.41) is 0. The Morgan fingerprint density at radius 1 is 1.12 bits per heavy atom. The van der Waals surface area contributed by atoms with Crippen LogP contribution in [0.1, 0.15) is 12.0 Å². The Morgan fingerprint density at radius 3 is 2.19 bits per heavy atom. The quantitative estimate of drug-likeness (QED) is 0.663. The van der Waals surface area contributed by atoms with Crippen molar-refractivity contribution in [2.45, 2.75) is 19.2 Å². The molecule has 2 N–H and O–H groups in total. The van der Waals surface area contributed by atoms with Crippen LogP contribution in [0.2, 0.25) is 0 Å². The van der Waals surface area contributed by atoms with Gasteiger partial charge in [0.1, 0.15) is 0 Å². The molecule has 0 aliphatic carbocycles. The molecular formula is C10H13ClF3NO. The van der Waals surface area contributed by atoms with Gasteiger partial charge in [-0.1, -0.05) is 12.1 Å². The summed E-state index contributed by atoms with van der Waals surface area (Å²) in [7, 11) is 0. The van der Waals surface area contributed by atoms with Crippen molar-refractivity contribution in [2.24, 2.45) is 0 Å². The molecule has 0 aromatic heterocycles. The van der Waals surface area contributed by atoms with Crippen molar-refractivity contribution in [3.05, 3.63) is 29.8 Å². The second-order valence-corrected chi connectivity index (χ2v) is 3.16. The molecule has 0 fully saturated rings. The number of ether oxygens (including phenoxy) is 1. The number of hydrogen-bond donors (Lipinski definition) is 1. The summed E-state index contributed by atoms with van der Waals surface area (Å²) in [4.78, 5) is 0. The normalized spacial score (nSPS) is 10.9. The van der Waals surface area contributed by atoms with Gasteiger partial charge in [0.05, 0.1) is 19.6 Å². The Bertz CT molecular complexity index is 300. The van der Waals surface area contributed by atoms with Gasteiger partial charge in [-0.2, -0.15) is 13.2 Å². The smallest absolute Gasteiger partial charge is 0.391 e. The Kier molecular flexibility index (Phi) is 6.21. The van der Waals surface area contributed by atoms with Crippen LogP contribution < -0.4 is 5.73 Å². The third-order valence-corrected chi connectivity index (χ3v) is 1.78. The highest BCUT2D eigenvalue weighted by Gasteiger charge is 2.26. The Balaban J connectivity index is 0.00000225. The molecule has 1 aromatic rings. The van der Waals surface area contributed by atoms with Crippen LogP contribution in [-0.2, 0) is 11.3 Å². The van der Waals surface area contributed by atoms with Crippen molar-refractivity contribution in [2.75, 3.05) is 12.3 Å². The lowest BCUT2D eigenvalue weighted by atomic mass is 10.2. The fourth-order valence-electron chi connectivity index (χ4n) is 0.992. The van der Waals surface area contributed by atoms with E-state index in [2.05, 4.69) is 0 Å². The number of halogens is 4. The average Bonchev–Trinajstić information content (AvgIpc) is 2.14. The van der Waals surface area contributed by atoms with Crippen LogP contribution in [0.15, 0.2) is 24.3 Å². The highest BCUT2D eigenvalue weighted by Crippen LogP contribution is 2.19. The molecular weight excluding hydrogens is 243 g/mol. The number of benzene rings is 1. The van der Waals surface area contributed by atoms with Crippen LogP contribution in [0.4, 0.5) is 18.9 Å². The summed E-state index contributed by atoms with van der Waals surface area (Å²) in [6.45, 7) is -0.135. The predicted octanol–water partition coefficient (Wildman–Crippen LogP) is 3.16. The first-order valence-corrected chi connectivity index (χ1v) is 4.46. The Hall–Kier alpha value is -0.940. The third kappa shape index (κ3) is 6.53. The highest BCUT2D eigenvalue weighted by molar-refractivity contribution is 5.85. The fourth-order valence-corrected chi connectivity index (χ4v) is 0.992. The molecule has 6 heteroatoms. The summed E-state index contributed by atoms with van der Waals surface area (Å²) in [5.41, 5.74) is 6.88. The SMILES string of the molecule is Cl.Nc1ccc(COCCC(F)(F)F)cc1. The van der Waals surface area contributed by atoms with Gasteiger partial charge < -0.3 is 10.5 Å². The molecule has 0 heterocycles. The van der Waals surface area contributed by atoms with E-state index in [0.717, 1.165) is 5.56 Å². The van der Waals surface area contributed by atoms with Gasteiger partial charge in [0.2, 0.25) is 0 Å². The van der Waals surface area contributed by atoms with E-state index in [4.69, 9.17) is 10.5 Å². The molecule has 92 valence electrons. The topological polar surface area (TPSA) is 35.2 Å². The third-order valence-electron chi connectivity index (χ3n) is 1.78. The van der Waals surface area contributed by atoms with Gasteiger partial charge in [-0.05, 0) is 17.7 Å². The summed E-state index contributed by atoms with van der Waals surface area (Å²) in [6.07, 6.45) is -5.07. The van der Waals surface area contributed by atoms with E-state index in [1.54, 1.807) is 24.3 Å². The molecule has 0 spiro atoms. The molecule has 1 rings (SSSR count). The molecule has 2 nitrogen and oxygen atoms in total. The first-order valence-electron chi connectivity index (χ1n) is 4.46. The number of hydrogen-bond acceptors (Lipinski definition) is 2. The van der Waals surface area contributed by atoms with Crippen LogP contribution in [-0.4, -0.2) is 12.8 Å². The number of alkyl halides is 3. The minimum Gasteiger partial charge on any atom is -0.399 e. The summed E-state index contributed by atoms with van der Waals surface area (Å²) in [6, 6.07) is 6.82. The van der Waals surface area contributed by atoms with E-state index in [-0.39, 0.29) is 25.6 Å². The molecule has 0 unspecified atom stereocenters. The van der Waals surface area contributed by atoms with Gasteiger partial charge in [-0.25, -0.2) is 0 Å². The van der Waals surface area contributed by atoms with Crippen LogP contribution in [0.25, 0.3) is 0 Å². The zero-order valence-electron chi connectivity index (χ0n) is 8.46. The van der Waals surface area contributed by atoms with Crippen molar-refractivity contribution in [3.63, 3.8) is 0 Å². The van der Waals surface area contributed by atoms with Crippen molar-refractivity contribution < 1.29 is 17.9 Å². The second-order valence-electron chi connectivity index (χ2n) is 3.16. The van der Waals surface area contributed by atoms with E-state index in [9.17, 15) is 13.2 Å². The minimum atomic E-state index is -4.15. The maximum Gasteiger partial charge on any atom is 0.391 e. The van der Waals surface area contributed by atoms with Gasteiger partial charge in [-0.3, -0.25) is 0 Å². The van der Waals surface area contributed by atoms with Gasteiger partial charge in [0.15, 0.2) is 0 Å². The molecule has 0 aliphatic heterocycles. The van der Waals surface area contributed by atoms with E-state index >= 15 is 0 Å². The molecule has 0 atom stereocenters. The van der Waals surface area contributed by atoms with Gasteiger partial charge >= 0.3 is 6.18 Å². The van der Waals surface area contributed by atoms with Gasteiger partial charge in [0.25, 0.3) is 0 Å². The largest absolute Gasteiger partial charge is 0.399 e. The van der Waals surface area contributed by atoms with Crippen LogP contribution in [0, 0.1) is 0 Å². The molecule has 0 saturated carbocycles. The maximum absolute atomic E-state index is 11.7. The first-order chi connectivity index (χ1) is 6.97. The maximum atomic E-state index is 11.7.